The van der Waals surface area contributed by atoms with Gasteiger partial charge in [0.2, 0.25) is 0 Å². The minimum Gasteiger partial charge on any atom is -0.493 e. The summed E-state index contributed by atoms with van der Waals surface area (Å²) in [5, 5.41) is 3.03. The van der Waals surface area contributed by atoms with Gasteiger partial charge in [0.05, 0.1) is 6.61 Å². The van der Waals surface area contributed by atoms with Crippen LogP contribution in [0.15, 0.2) is 18.2 Å². The van der Waals surface area contributed by atoms with Crippen LogP contribution in [0.1, 0.15) is 31.2 Å². The third-order valence-electron chi connectivity index (χ3n) is 3.34. The van der Waals surface area contributed by atoms with Crippen molar-refractivity contribution >= 4 is 0 Å². The first-order valence-electron chi connectivity index (χ1n) is 6.35. The lowest BCUT2D eigenvalue weighted by atomic mass is 10.1. The van der Waals surface area contributed by atoms with Gasteiger partial charge >= 0.3 is 0 Å². The highest BCUT2D eigenvalue weighted by Gasteiger charge is 2.16. The molecule has 1 N–H and O–H groups in total. The van der Waals surface area contributed by atoms with Gasteiger partial charge in [0.1, 0.15) is 11.6 Å². The Balaban J connectivity index is 1.98. The van der Waals surface area contributed by atoms with E-state index in [2.05, 4.69) is 5.32 Å². The van der Waals surface area contributed by atoms with E-state index in [4.69, 9.17) is 4.74 Å². The summed E-state index contributed by atoms with van der Waals surface area (Å²) in [5.41, 5.74) is 0.894. The number of benzene rings is 1. The van der Waals surface area contributed by atoms with Crippen molar-refractivity contribution in [1.82, 2.24) is 5.32 Å². The molecule has 94 valence electrons. The molecule has 0 bridgehead atoms. The van der Waals surface area contributed by atoms with Crippen LogP contribution in [0, 0.1) is 11.7 Å². The summed E-state index contributed by atoms with van der Waals surface area (Å²) < 4.78 is 19.0. The van der Waals surface area contributed by atoms with Crippen molar-refractivity contribution in [2.45, 2.75) is 32.2 Å². The average Bonchev–Trinajstić information content (AvgIpc) is 2.81. The van der Waals surface area contributed by atoms with E-state index in [0.717, 1.165) is 17.9 Å². The van der Waals surface area contributed by atoms with Gasteiger partial charge in [-0.1, -0.05) is 12.8 Å². The molecule has 1 fully saturated rings. The molecule has 0 amide bonds. The maximum atomic E-state index is 13.1. The van der Waals surface area contributed by atoms with E-state index in [1.54, 1.807) is 12.1 Å². The van der Waals surface area contributed by atoms with Gasteiger partial charge in [-0.15, -0.1) is 0 Å². The molecular weight excluding hydrogens is 217 g/mol. The van der Waals surface area contributed by atoms with Crippen LogP contribution >= 0.6 is 0 Å². The number of hydrogen-bond acceptors (Lipinski definition) is 2. The first-order valence-corrected chi connectivity index (χ1v) is 6.35. The molecule has 0 unspecified atom stereocenters. The first kappa shape index (κ1) is 12.4. The van der Waals surface area contributed by atoms with Gasteiger partial charge in [-0.3, -0.25) is 0 Å². The van der Waals surface area contributed by atoms with Crippen LogP contribution < -0.4 is 10.1 Å². The fourth-order valence-electron chi connectivity index (χ4n) is 2.40. The molecule has 0 radical (unpaired) electrons. The standard InChI is InChI=1S/C14H20FNO/c1-16-9-12-8-13(15)6-7-14(12)17-10-11-4-2-3-5-11/h6-8,11,16H,2-5,9-10H2,1H3. The van der Waals surface area contributed by atoms with Crippen molar-refractivity contribution in [3.63, 3.8) is 0 Å². The van der Waals surface area contributed by atoms with Gasteiger partial charge in [-0.2, -0.15) is 0 Å². The fraction of sp³-hybridized carbons (Fsp3) is 0.571. The van der Waals surface area contributed by atoms with Crippen LogP contribution in [0.4, 0.5) is 4.39 Å². The molecule has 1 aliphatic carbocycles. The van der Waals surface area contributed by atoms with Gasteiger partial charge in [-0.25, -0.2) is 4.39 Å². The average molecular weight is 237 g/mol. The Labute approximate surface area is 102 Å². The molecule has 0 aromatic heterocycles. The lowest BCUT2D eigenvalue weighted by molar-refractivity contribution is 0.249. The van der Waals surface area contributed by atoms with Crippen LogP contribution in [-0.2, 0) is 6.54 Å². The molecule has 0 heterocycles. The van der Waals surface area contributed by atoms with Gasteiger partial charge in [-0.05, 0) is 44.0 Å². The number of halogens is 1. The van der Waals surface area contributed by atoms with Crippen LogP contribution in [0.3, 0.4) is 0 Å². The molecule has 1 aliphatic rings. The second kappa shape index (κ2) is 6.01. The van der Waals surface area contributed by atoms with E-state index in [-0.39, 0.29) is 5.82 Å². The van der Waals surface area contributed by atoms with E-state index in [0.29, 0.717) is 12.5 Å². The molecule has 0 aliphatic heterocycles. The molecule has 3 heteroatoms. The Morgan fingerprint density at radius 3 is 2.82 bits per heavy atom. The summed E-state index contributed by atoms with van der Waals surface area (Å²) in [4.78, 5) is 0. The van der Waals surface area contributed by atoms with Crippen LogP contribution in [0.5, 0.6) is 5.75 Å². The van der Waals surface area contributed by atoms with E-state index in [1.165, 1.54) is 31.7 Å². The quantitative estimate of drug-likeness (QED) is 0.849. The minimum atomic E-state index is -0.205. The lowest BCUT2D eigenvalue weighted by Gasteiger charge is -2.14. The van der Waals surface area contributed by atoms with Crippen molar-refractivity contribution in [3.8, 4) is 5.75 Å². The molecule has 2 rings (SSSR count). The highest BCUT2D eigenvalue weighted by atomic mass is 19.1. The summed E-state index contributed by atoms with van der Waals surface area (Å²) in [6.45, 7) is 1.40. The predicted octanol–water partition coefficient (Wildman–Crippen LogP) is 3.11. The van der Waals surface area contributed by atoms with Crippen molar-refractivity contribution in [2.75, 3.05) is 13.7 Å². The van der Waals surface area contributed by atoms with Crippen molar-refractivity contribution in [1.29, 1.82) is 0 Å². The second-order valence-corrected chi connectivity index (χ2v) is 4.74. The second-order valence-electron chi connectivity index (χ2n) is 4.74. The van der Waals surface area contributed by atoms with E-state index in [1.807, 2.05) is 7.05 Å². The zero-order valence-corrected chi connectivity index (χ0v) is 10.3. The van der Waals surface area contributed by atoms with Crippen molar-refractivity contribution in [2.24, 2.45) is 5.92 Å². The smallest absolute Gasteiger partial charge is 0.123 e. The maximum absolute atomic E-state index is 13.1. The normalized spacial score (nSPS) is 16.4. The van der Waals surface area contributed by atoms with Crippen LogP contribution in [0.2, 0.25) is 0 Å². The van der Waals surface area contributed by atoms with Crippen LogP contribution in [-0.4, -0.2) is 13.7 Å². The Kier molecular flexibility index (Phi) is 4.37. The van der Waals surface area contributed by atoms with Crippen molar-refractivity contribution < 1.29 is 9.13 Å². The molecule has 2 nitrogen and oxygen atoms in total. The molecule has 17 heavy (non-hydrogen) atoms. The highest BCUT2D eigenvalue weighted by Crippen LogP contribution is 2.27. The molecule has 1 saturated carbocycles. The van der Waals surface area contributed by atoms with Gasteiger partial charge in [0.15, 0.2) is 0 Å². The number of rotatable bonds is 5. The topological polar surface area (TPSA) is 21.3 Å². The number of nitrogens with one attached hydrogen (secondary N) is 1. The molecule has 0 atom stereocenters. The third-order valence-corrected chi connectivity index (χ3v) is 3.34. The zero-order chi connectivity index (χ0) is 12.1. The monoisotopic (exact) mass is 237 g/mol. The molecule has 0 spiro atoms. The van der Waals surface area contributed by atoms with Gasteiger partial charge in [0, 0.05) is 12.1 Å². The number of hydrogen-bond donors (Lipinski definition) is 1. The summed E-state index contributed by atoms with van der Waals surface area (Å²) in [6.07, 6.45) is 5.17. The summed E-state index contributed by atoms with van der Waals surface area (Å²) in [5.74, 6) is 1.29. The Morgan fingerprint density at radius 2 is 2.12 bits per heavy atom. The summed E-state index contributed by atoms with van der Waals surface area (Å²) >= 11 is 0. The fourth-order valence-corrected chi connectivity index (χ4v) is 2.40. The highest BCUT2D eigenvalue weighted by molar-refractivity contribution is 5.33. The Bertz CT molecular complexity index is 361. The molecule has 1 aromatic rings. The predicted molar refractivity (Wildman–Crippen MR) is 66.6 cm³/mol. The van der Waals surface area contributed by atoms with E-state index < -0.39 is 0 Å². The largest absolute Gasteiger partial charge is 0.493 e. The van der Waals surface area contributed by atoms with Gasteiger partial charge < -0.3 is 10.1 Å². The molecular formula is C14H20FNO. The Hall–Kier alpha value is -1.09. The minimum absolute atomic E-state index is 0.205. The zero-order valence-electron chi connectivity index (χ0n) is 10.3. The Morgan fingerprint density at radius 1 is 1.35 bits per heavy atom. The first-order chi connectivity index (χ1) is 8.29. The van der Waals surface area contributed by atoms with Gasteiger partial charge in [0.25, 0.3) is 0 Å². The lowest BCUT2D eigenvalue weighted by Crippen LogP contribution is -2.12. The van der Waals surface area contributed by atoms with Crippen molar-refractivity contribution in [3.05, 3.63) is 29.6 Å². The maximum Gasteiger partial charge on any atom is 0.123 e. The third kappa shape index (κ3) is 3.43. The molecule has 1 aromatic carbocycles. The van der Waals surface area contributed by atoms with E-state index >= 15 is 0 Å². The van der Waals surface area contributed by atoms with Crippen LogP contribution in [0.25, 0.3) is 0 Å². The molecule has 0 saturated heterocycles. The summed E-state index contributed by atoms with van der Waals surface area (Å²) in [7, 11) is 1.85. The summed E-state index contributed by atoms with van der Waals surface area (Å²) in [6, 6.07) is 4.74. The van der Waals surface area contributed by atoms with E-state index in [9.17, 15) is 4.39 Å². The number of ether oxygens (including phenoxy) is 1. The SMILES string of the molecule is CNCc1cc(F)ccc1OCC1CCCC1.